The van der Waals surface area contributed by atoms with Gasteiger partial charge in [-0.25, -0.2) is 0 Å². The van der Waals surface area contributed by atoms with Crippen molar-refractivity contribution in [1.82, 2.24) is 10.2 Å². The maximum atomic E-state index is 11.7. The van der Waals surface area contributed by atoms with E-state index in [1.807, 2.05) is 30.3 Å². The zero-order chi connectivity index (χ0) is 14.3. The van der Waals surface area contributed by atoms with E-state index in [1.54, 1.807) is 18.9 Å². The Bertz CT molecular complexity index is 420. The van der Waals surface area contributed by atoms with Crippen LogP contribution in [0.3, 0.4) is 0 Å². The normalized spacial score (nSPS) is 12.2. The van der Waals surface area contributed by atoms with Gasteiger partial charge in [-0.1, -0.05) is 37.3 Å². The molecule has 1 rings (SSSR count). The Hall–Kier alpha value is -1.88. The van der Waals surface area contributed by atoms with E-state index < -0.39 is 12.0 Å². The number of carbonyl (C=O) groups is 2. The van der Waals surface area contributed by atoms with Crippen LogP contribution in [0.25, 0.3) is 0 Å². The minimum Gasteiger partial charge on any atom is -0.480 e. The number of aliphatic carboxylic acids is 1. The second-order valence-electron chi connectivity index (χ2n) is 4.44. The fraction of sp³-hybridized carbons (Fsp3) is 0.429. The number of carboxylic acids is 1. The molecular weight excluding hydrogens is 244 g/mol. The average Bonchev–Trinajstić information content (AvgIpc) is 2.38. The van der Waals surface area contributed by atoms with Crippen LogP contribution in [0.5, 0.6) is 0 Å². The van der Waals surface area contributed by atoms with Crippen LogP contribution in [-0.4, -0.2) is 41.5 Å². The van der Waals surface area contributed by atoms with Gasteiger partial charge in [-0.05, 0) is 19.0 Å². The van der Waals surface area contributed by atoms with Crippen LogP contribution in [0.2, 0.25) is 0 Å². The van der Waals surface area contributed by atoms with E-state index in [2.05, 4.69) is 5.32 Å². The van der Waals surface area contributed by atoms with Gasteiger partial charge in [0.2, 0.25) is 5.91 Å². The lowest BCUT2D eigenvalue weighted by atomic mass is 10.2. The van der Waals surface area contributed by atoms with Gasteiger partial charge < -0.3 is 10.4 Å². The highest BCUT2D eigenvalue weighted by molar-refractivity contribution is 5.79. The summed E-state index contributed by atoms with van der Waals surface area (Å²) in [4.78, 5) is 24.2. The summed E-state index contributed by atoms with van der Waals surface area (Å²) in [5, 5.41) is 11.8. The predicted octanol–water partition coefficient (Wildman–Crippen LogP) is 1.10. The van der Waals surface area contributed by atoms with E-state index in [9.17, 15) is 9.59 Å². The molecule has 0 aliphatic rings. The summed E-state index contributed by atoms with van der Waals surface area (Å²) >= 11 is 0. The first kappa shape index (κ1) is 15.2. The number of nitrogens with zero attached hydrogens (tertiary/aromatic N) is 1. The molecular formula is C14H20N2O3. The smallest absolute Gasteiger partial charge is 0.320 e. The number of carboxylic acid groups (broad SMARTS) is 1. The molecule has 104 valence electrons. The first-order valence-corrected chi connectivity index (χ1v) is 6.28. The molecule has 2 N–H and O–H groups in total. The zero-order valence-electron chi connectivity index (χ0n) is 11.3. The highest BCUT2D eigenvalue weighted by Crippen LogP contribution is 2.02. The molecule has 0 radical (unpaired) electrons. The molecule has 5 nitrogen and oxygen atoms in total. The van der Waals surface area contributed by atoms with Gasteiger partial charge in [-0.3, -0.25) is 14.5 Å². The second kappa shape index (κ2) is 7.53. The van der Waals surface area contributed by atoms with Crippen LogP contribution >= 0.6 is 0 Å². The molecule has 1 unspecified atom stereocenters. The van der Waals surface area contributed by atoms with Gasteiger partial charge in [-0.2, -0.15) is 0 Å². The van der Waals surface area contributed by atoms with Crippen LogP contribution in [0, 0.1) is 0 Å². The van der Waals surface area contributed by atoms with E-state index in [-0.39, 0.29) is 12.5 Å². The van der Waals surface area contributed by atoms with Gasteiger partial charge in [0.05, 0.1) is 6.54 Å². The summed E-state index contributed by atoms with van der Waals surface area (Å²) < 4.78 is 0. The molecule has 0 saturated heterocycles. The summed E-state index contributed by atoms with van der Waals surface area (Å²) in [6.07, 6.45) is 0.470. The Morgan fingerprint density at radius 3 is 2.47 bits per heavy atom. The van der Waals surface area contributed by atoms with Crippen molar-refractivity contribution < 1.29 is 14.7 Å². The van der Waals surface area contributed by atoms with E-state index in [0.29, 0.717) is 13.0 Å². The van der Waals surface area contributed by atoms with Crippen molar-refractivity contribution in [3.05, 3.63) is 35.9 Å². The van der Waals surface area contributed by atoms with E-state index >= 15 is 0 Å². The topological polar surface area (TPSA) is 69.6 Å². The fourth-order valence-corrected chi connectivity index (χ4v) is 1.86. The predicted molar refractivity (Wildman–Crippen MR) is 72.6 cm³/mol. The number of hydrogen-bond donors (Lipinski definition) is 2. The molecule has 5 heteroatoms. The number of rotatable bonds is 7. The highest BCUT2D eigenvalue weighted by Gasteiger charge is 2.21. The van der Waals surface area contributed by atoms with Crippen molar-refractivity contribution in [3.8, 4) is 0 Å². The third-order valence-corrected chi connectivity index (χ3v) is 2.93. The van der Waals surface area contributed by atoms with Crippen LogP contribution in [0.15, 0.2) is 30.3 Å². The van der Waals surface area contributed by atoms with Gasteiger partial charge in [0.25, 0.3) is 0 Å². The molecule has 0 aromatic heterocycles. The molecule has 19 heavy (non-hydrogen) atoms. The second-order valence-corrected chi connectivity index (χ2v) is 4.44. The molecule has 0 saturated carbocycles. The largest absolute Gasteiger partial charge is 0.480 e. The SMILES string of the molecule is CCC(C(=O)O)N(C)CC(=O)NCc1ccccc1. The minimum absolute atomic E-state index is 0.0810. The maximum absolute atomic E-state index is 11.7. The fourth-order valence-electron chi connectivity index (χ4n) is 1.86. The lowest BCUT2D eigenvalue weighted by molar-refractivity contribution is -0.143. The Morgan fingerprint density at radius 2 is 1.95 bits per heavy atom. The maximum Gasteiger partial charge on any atom is 0.320 e. The molecule has 1 amide bonds. The summed E-state index contributed by atoms with van der Waals surface area (Å²) in [7, 11) is 1.64. The minimum atomic E-state index is -0.902. The number of benzene rings is 1. The molecule has 0 fully saturated rings. The summed E-state index contributed by atoms with van der Waals surface area (Å²) in [5.74, 6) is -1.08. The molecule has 1 atom stereocenters. The third-order valence-electron chi connectivity index (χ3n) is 2.93. The quantitative estimate of drug-likeness (QED) is 0.773. The van der Waals surface area contributed by atoms with Crippen molar-refractivity contribution in [1.29, 1.82) is 0 Å². The van der Waals surface area contributed by atoms with Crippen LogP contribution in [-0.2, 0) is 16.1 Å². The zero-order valence-corrected chi connectivity index (χ0v) is 11.3. The van der Waals surface area contributed by atoms with Crippen molar-refractivity contribution >= 4 is 11.9 Å². The monoisotopic (exact) mass is 264 g/mol. The molecule has 1 aromatic carbocycles. The molecule has 0 aliphatic heterocycles. The number of hydrogen-bond acceptors (Lipinski definition) is 3. The van der Waals surface area contributed by atoms with E-state index in [4.69, 9.17) is 5.11 Å². The summed E-state index contributed by atoms with van der Waals surface area (Å²) in [6.45, 7) is 2.33. The van der Waals surface area contributed by atoms with Crippen molar-refractivity contribution in [2.75, 3.05) is 13.6 Å². The van der Waals surface area contributed by atoms with Crippen molar-refractivity contribution in [3.63, 3.8) is 0 Å². The lowest BCUT2D eigenvalue weighted by Crippen LogP contribution is -2.43. The molecule has 1 aromatic rings. The molecule has 0 heterocycles. The molecule has 0 bridgehead atoms. The number of carbonyl (C=O) groups excluding carboxylic acids is 1. The van der Waals surface area contributed by atoms with Crippen LogP contribution < -0.4 is 5.32 Å². The van der Waals surface area contributed by atoms with E-state index in [1.165, 1.54) is 0 Å². The van der Waals surface area contributed by atoms with Crippen molar-refractivity contribution in [2.45, 2.75) is 25.9 Å². The standard InChI is InChI=1S/C14H20N2O3/c1-3-12(14(18)19)16(2)10-13(17)15-9-11-7-5-4-6-8-11/h4-8,12H,3,9-10H2,1-2H3,(H,15,17)(H,18,19). The summed E-state index contributed by atoms with van der Waals surface area (Å²) in [6, 6.07) is 8.96. The molecule has 0 aliphatic carbocycles. The van der Waals surface area contributed by atoms with Crippen LogP contribution in [0.4, 0.5) is 0 Å². The average molecular weight is 264 g/mol. The Kier molecular flexibility index (Phi) is 6.02. The van der Waals surface area contributed by atoms with E-state index in [0.717, 1.165) is 5.56 Å². The van der Waals surface area contributed by atoms with Crippen molar-refractivity contribution in [2.24, 2.45) is 0 Å². The van der Waals surface area contributed by atoms with Crippen LogP contribution in [0.1, 0.15) is 18.9 Å². The Labute approximate surface area is 113 Å². The number of likely N-dealkylation sites (N-methyl/N-ethyl adjacent to an activating group) is 1. The van der Waals surface area contributed by atoms with Gasteiger partial charge in [0, 0.05) is 6.54 Å². The molecule has 0 spiro atoms. The number of amides is 1. The van der Waals surface area contributed by atoms with Gasteiger partial charge in [-0.15, -0.1) is 0 Å². The van der Waals surface area contributed by atoms with Gasteiger partial charge in [0.15, 0.2) is 0 Å². The Morgan fingerprint density at radius 1 is 1.32 bits per heavy atom. The van der Waals surface area contributed by atoms with Gasteiger partial charge >= 0.3 is 5.97 Å². The van der Waals surface area contributed by atoms with Gasteiger partial charge in [0.1, 0.15) is 6.04 Å². The first-order valence-electron chi connectivity index (χ1n) is 6.28. The number of nitrogens with one attached hydrogen (secondary N) is 1. The Balaban J connectivity index is 2.40. The first-order chi connectivity index (χ1) is 9.04. The highest BCUT2D eigenvalue weighted by atomic mass is 16.4. The lowest BCUT2D eigenvalue weighted by Gasteiger charge is -2.22. The third kappa shape index (κ3) is 5.09. The summed E-state index contributed by atoms with van der Waals surface area (Å²) in [5.41, 5.74) is 1.02.